The molecule has 0 aromatic heterocycles. The molecule has 0 heterocycles. The van der Waals surface area contributed by atoms with Crippen LogP contribution in [-0.2, 0) is 19.3 Å². The number of hydrogen-bond donors (Lipinski definition) is 0. The van der Waals surface area contributed by atoms with Crippen molar-refractivity contribution in [2.24, 2.45) is 0 Å². The fourth-order valence-electron chi connectivity index (χ4n) is 4.63. The van der Waals surface area contributed by atoms with Crippen molar-refractivity contribution >= 4 is 105 Å². The number of hydrogen-bond acceptors (Lipinski definition) is 6. The van der Waals surface area contributed by atoms with E-state index in [1.165, 1.54) is 64.2 Å². The molecule has 0 N–H and O–H groups in total. The lowest BCUT2D eigenvalue weighted by molar-refractivity contribution is 0.121. The Morgan fingerprint density at radius 2 is 0.851 bits per heavy atom. The van der Waals surface area contributed by atoms with Crippen LogP contribution in [0.1, 0.15) is 90.9 Å². The molecule has 13 heteroatoms. The monoisotopic (exact) mass is 1060 g/mol. The minimum atomic E-state index is -3.87. The van der Waals surface area contributed by atoms with Crippen molar-refractivity contribution in [3.63, 3.8) is 0 Å². The highest BCUT2D eigenvalue weighted by Gasteiger charge is 2.24. The largest absolute Gasteiger partial charge is 0.490 e. The van der Waals surface area contributed by atoms with Gasteiger partial charge >= 0.3 is 0 Å². The molecule has 0 saturated heterocycles. The van der Waals surface area contributed by atoms with Crippen molar-refractivity contribution < 1.29 is 27.4 Å². The second kappa shape index (κ2) is 24.9. The van der Waals surface area contributed by atoms with Crippen LogP contribution in [0.4, 0.5) is 0 Å². The van der Waals surface area contributed by atoms with Crippen LogP contribution in [0.15, 0.2) is 51.9 Å². The quantitative estimate of drug-likeness (QED) is 0.0691. The smallest absolute Gasteiger partial charge is 0.206 e. The average Bonchev–Trinajstić information content (AvgIpc) is 3.02. The molecule has 2 aromatic carbocycles. The van der Waals surface area contributed by atoms with Crippen molar-refractivity contribution in [2.75, 3.05) is 39.6 Å². The van der Waals surface area contributed by atoms with Gasteiger partial charge in [0.15, 0.2) is 0 Å². The van der Waals surface area contributed by atoms with E-state index in [0.717, 1.165) is 26.1 Å². The molecule has 0 saturated carbocycles. The molecule has 0 amide bonds. The Morgan fingerprint density at radius 1 is 0.532 bits per heavy atom. The zero-order valence-electron chi connectivity index (χ0n) is 27.3. The second-order valence-electron chi connectivity index (χ2n) is 11.4. The first-order valence-electron chi connectivity index (χ1n) is 16.4. The van der Waals surface area contributed by atoms with Gasteiger partial charge in [-0.05, 0) is 101 Å². The molecular weight excluding hydrogens is 1020 g/mol. The van der Waals surface area contributed by atoms with Gasteiger partial charge in [0.05, 0.1) is 50.5 Å². The lowest BCUT2D eigenvalue weighted by Crippen LogP contribution is -2.18. The van der Waals surface area contributed by atoms with Crippen LogP contribution >= 0.6 is 95.6 Å². The number of ether oxygens (including phenoxy) is 4. The summed E-state index contributed by atoms with van der Waals surface area (Å²) in [6, 6.07) is 6.22. The van der Waals surface area contributed by atoms with Crippen LogP contribution in [0.3, 0.4) is 0 Å². The van der Waals surface area contributed by atoms with Gasteiger partial charge in [-0.3, -0.25) is 0 Å². The Bertz CT molecular complexity index is 1160. The highest BCUT2D eigenvalue weighted by Crippen LogP contribution is 2.41. The lowest BCUT2D eigenvalue weighted by atomic mass is 10.1. The van der Waals surface area contributed by atoms with E-state index < -0.39 is 9.84 Å². The molecule has 2 atom stereocenters. The fraction of sp³-hybridized carbons (Fsp3) is 0.647. The van der Waals surface area contributed by atoms with Gasteiger partial charge in [0.1, 0.15) is 24.7 Å². The molecule has 0 radical (unpaired) electrons. The van der Waals surface area contributed by atoms with E-state index in [1.807, 2.05) is 0 Å². The number of unbranched alkanes of at least 4 members (excludes halogenated alkanes) is 10. The first kappa shape index (κ1) is 44.0. The summed E-state index contributed by atoms with van der Waals surface area (Å²) in [4.78, 5) is 0.240. The molecule has 268 valence electrons. The van der Waals surface area contributed by atoms with Gasteiger partial charge in [-0.25, -0.2) is 8.42 Å². The average molecular weight is 1060 g/mol. The van der Waals surface area contributed by atoms with Gasteiger partial charge in [0.25, 0.3) is 0 Å². The zero-order valence-corrected chi connectivity index (χ0v) is 37.7. The molecule has 0 aliphatic rings. The van der Waals surface area contributed by atoms with Crippen LogP contribution in [-0.4, -0.2) is 57.7 Å². The van der Waals surface area contributed by atoms with E-state index in [1.54, 1.807) is 24.3 Å². The standard InChI is InChI=1S/C34H48Br6O6S/c1-3-5-7-9-11-13-15-43-21-25(35)23-45-33-29(37)17-27(18-30(33)38)47(41,42)28-19-31(39)34(32(40)20-28)46-24-26(36)22-44-16-14-12-10-8-6-4-2/h17-20,25-26H,3-16,21-24H2,1-2H3. The van der Waals surface area contributed by atoms with Gasteiger partial charge in [-0.1, -0.05) is 110 Å². The Labute approximate surface area is 333 Å². The summed E-state index contributed by atoms with van der Waals surface area (Å²) in [7, 11) is -3.87. The molecule has 6 nitrogen and oxygen atoms in total. The number of benzene rings is 2. The molecule has 2 aromatic rings. The third-order valence-electron chi connectivity index (χ3n) is 7.26. The van der Waals surface area contributed by atoms with Crippen LogP contribution < -0.4 is 9.47 Å². The van der Waals surface area contributed by atoms with Crippen molar-refractivity contribution in [3.8, 4) is 11.5 Å². The molecule has 2 unspecified atom stereocenters. The maximum Gasteiger partial charge on any atom is 0.206 e. The Kier molecular flexibility index (Phi) is 23.3. The SMILES string of the molecule is CCCCCCCCOCC(Br)COc1c(Br)cc(S(=O)(=O)c2cc(Br)c(OCC(Br)COCCCCCCCC)c(Br)c2)cc1Br. The summed E-state index contributed by atoms with van der Waals surface area (Å²) in [6.45, 7) is 7.70. The Hall–Kier alpha value is 0.790. The van der Waals surface area contributed by atoms with Crippen molar-refractivity contribution in [1.82, 2.24) is 0 Å². The normalized spacial score (nSPS) is 13.1. The minimum Gasteiger partial charge on any atom is -0.490 e. The van der Waals surface area contributed by atoms with Crippen molar-refractivity contribution in [3.05, 3.63) is 42.2 Å². The van der Waals surface area contributed by atoms with Crippen LogP contribution in [0, 0.1) is 0 Å². The third-order valence-corrected chi connectivity index (χ3v) is 12.4. The summed E-state index contributed by atoms with van der Waals surface area (Å²) in [5, 5.41) is 0. The maximum absolute atomic E-state index is 13.7. The molecule has 2 rings (SSSR count). The number of alkyl halides is 2. The van der Waals surface area contributed by atoms with Gasteiger partial charge in [-0.2, -0.15) is 0 Å². The zero-order chi connectivity index (χ0) is 34.7. The highest BCUT2D eigenvalue weighted by molar-refractivity contribution is 9.11. The predicted octanol–water partition coefficient (Wildman–Crippen LogP) is 12.6. The number of halogens is 6. The van der Waals surface area contributed by atoms with Gasteiger partial charge in [-0.15, -0.1) is 0 Å². The molecule has 0 bridgehead atoms. The summed E-state index contributed by atoms with van der Waals surface area (Å²) >= 11 is 21.3. The van der Waals surface area contributed by atoms with Crippen molar-refractivity contribution in [1.29, 1.82) is 0 Å². The van der Waals surface area contributed by atoms with E-state index in [9.17, 15) is 8.42 Å². The first-order chi connectivity index (χ1) is 22.5. The summed E-state index contributed by atoms with van der Waals surface area (Å²) in [5.74, 6) is 1.05. The van der Waals surface area contributed by atoms with E-state index in [-0.39, 0.29) is 19.4 Å². The molecule has 0 aliphatic heterocycles. The maximum atomic E-state index is 13.7. The van der Waals surface area contributed by atoms with Gasteiger partial charge in [0.2, 0.25) is 9.84 Å². The number of sulfone groups is 1. The summed E-state index contributed by atoms with van der Waals surface area (Å²) < 4.78 is 53.1. The van der Waals surface area contributed by atoms with Gasteiger partial charge in [0, 0.05) is 13.2 Å². The van der Waals surface area contributed by atoms with E-state index in [4.69, 9.17) is 18.9 Å². The number of rotatable bonds is 26. The van der Waals surface area contributed by atoms with Gasteiger partial charge < -0.3 is 18.9 Å². The van der Waals surface area contributed by atoms with E-state index in [2.05, 4.69) is 109 Å². The van der Waals surface area contributed by atoms with E-state index >= 15 is 0 Å². The van der Waals surface area contributed by atoms with E-state index in [0.29, 0.717) is 55.8 Å². The summed E-state index contributed by atoms with van der Waals surface area (Å²) in [5.41, 5.74) is 0. The molecule has 0 spiro atoms. The molecule has 0 aliphatic carbocycles. The lowest BCUT2D eigenvalue weighted by Gasteiger charge is -2.17. The minimum absolute atomic E-state index is 0.00214. The fourth-order valence-corrected chi connectivity index (χ4v) is 10.1. The summed E-state index contributed by atoms with van der Waals surface area (Å²) in [6.07, 6.45) is 14.7. The topological polar surface area (TPSA) is 71.1 Å². The van der Waals surface area contributed by atoms with Crippen LogP contribution in [0.25, 0.3) is 0 Å². The highest BCUT2D eigenvalue weighted by atomic mass is 79.9. The molecular formula is C34H48Br6O6S. The van der Waals surface area contributed by atoms with Crippen LogP contribution in [0.2, 0.25) is 0 Å². The Morgan fingerprint density at radius 3 is 1.19 bits per heavy atom. The first-order valence-corrected chi connectivity index (χ1v) is 22.9. The van der Waals surface area contributed by atoms with Crippen molar-refractivity contribution in [2.45, 2.75) is 110 Å². The molecule has 0 fully saturated rings. The molecule has 47 heavy (non-hydrogen) atoms. The third kappa shape index (κ3) is 16.8. The Balaban J connectivity index is 1.90. The second-order valence-corrected chi connectivity index (χ2v) is 19.4. The predicted molar refractivity (Wildman–Crippen MR) is 214 cm³/mol. The van der Waals surface area contributed by atoms with Crippen LogP contribution in [0.5, 0.6) is 11.5 Å².